The van der Waals surface area contributed by atoms with Gasteiger partial charge < -0.3 is 0 Å². The van der Waals surface area contributed by atoms with Crippen LogP contribution in [0, 0.1) is 11.6 Å². The summed E-state index contributed by atoms with van der Waals surface area (Å²) in [6.07, 6.45) is 1.73. The Bertz CT molecular complexity index is 340. The van der Waals surface area contributed by atoms with Gasteiger partial charge in [0.2, 0.25) is 0 Å². The molecule has 78 valence electrons. The van der Waals surface area contributed by atoms with E-state index in [4.69, 9.17) is 0 Å². The van der Waals surface area contributed by atoms with Gasteiger partial charge in [0.1, 0.15) is 11.6 Å². The van der Waals surface area contributed by atoms with Crippen LogP contribution in [0.2, 0.25) is 0 Å². The van der Waals surface area contributed by atoms with Gasteiger partial charge in [0.15, 0.2) is 0 Å². The van der Waals surface area contributed by atoms with Crippen molar-refractivity contribution in [3.63, 3.8) is 0 Å². The fraction of sp³-hybridized carbons (Fsp3) is 0.455. The zero-order valence-corrected chi connectivity index (χ0v) is 9.64. The summed E-state index contributed by atoms with van der Waals surface area (Å²) in [5.74, 6) is -0.674. The molecule has 0 heterocycles. The van der Waals surface area contributed by atoms with Crippen molar-refractivity contribution < 1.29 is 8.78 Å². The third kappa shape index (κ3) is 2.27. The van der Waals surface area contributed by atoms with E-state index in [1.807, 2.05) is 20.8 Å². The van der Waals surface area contributed by atoms with Gasteiger partial charge in [-0.25, -0.2) is 8.78 Å². The summed E-state index contributed by atoms with van der Waals surface area (Å²) >= 11 is 1.21. The van der Waals surface area contributed by atoms with Gasteiger partial charge in [-0.3, -0.25) is 0 Å². The molecule has 3 heteroatoms. The summed E-state index contributed by atoms with van der Waals surface area (Å²) in [6, 6.07) is 2.56. The van der Waals surface area contributed by atoms with E-state index in [9.17, 15) is 8.78 Å². The first-order valence-corrected chi connectivity index (χ1v) is 5.62. The Morgan fingerprint density at radius 2 is 1.64 bits per heavy atom. The maximum absolute atomic E-state index is 13.5. The molecule has 0 saturated heterocycles. The van der Waals surface area contributed by atoms with Gasteiger partial charge in [-0.2, -0.15) is 0 Å². The lowest BCUT2D eigenvalue weighted by atomic mass is 9.86. The monoisotopic (exact) mass is 216 g/mol. The number of hydrogen-bond acceptors (Lipinski definition) is 1. The predicted octanol–water partition coefficient (Wildman–Crippen LogP) is 3.98. The van der Waals surface area contributed by atoms with Crippen LogP contribution in [0.4, 0.5) is 8.78 Å². The molecule has 0 aliphatic carbocycles. The van der Waals surface area contributed by atoms with Crippen LogP contribution in [0.1, 0.15) is 26.3 Å². The van der Waals surface area contributed by atoms with Crippen molar-refractivity contribution in [3.8, 4) is 0 Å². The lowest BCUT2D eigenvalue weighted by molar-refractivity contribution is 0.503. The van der Waals surface area contributed by atoms with Gasteiger partial charge in [-0.1, -0.05) is 20.8 Å². The maximum Gasteiger partial charge on any atom is 0.137 e. The van der Waals surface area contributed by atoms with E-state index in [0.29, 0.717) is 10.5 Å². The van der Waals surface area contributed by atoms with Crippen molar-refractivity contribution in [1.82, 2.24) is 0 Å². The average Bonchev–Trinajstić information content (AvgIpc) is 2.06. The number of benzene rings is 1. The van der Waals surface area contributed by atoms with E-state index in [1.165, 1.54) is 23.9 Å². The Hall–Kier alpha value is -0.570. The third-order valence-corrected chi connectivity index (χ3v) is 2.80. The first-order chi connectivity index (χ1) is 6.36. The van der Waals surface area contributed by atoms with E-state index in [1.54, 1.807) is 6.26 Å². The highest BCUT2D eigenvalue weighted by molar-refractivity contribution is 7.98. The molecule has 1 aromatic rings. The Morgan fingerprint density at radius 3 is 2.07 bits per heavy atom. The van der Waals surface area contributed by atoms with E-state index in [2.05, 4.69) is 0 Å². The molecule has 0 saturated carbocycles. The molecule has 0 unspecified atom stereocenters. The minimum absolute atomic E-state index is 0.330. The second-order valence-corrected chi connectivity index (χ2v) is 5.06. The fourth-order valence-electron chi connectivity index (χ4n) is 1.26. The summed E-state index contributed by atoms with van der Waals surface area (Å²) in [7, 11) is 0. The Morgan fingerprint density at radius 1 is 1.07 bits per heavy atom. The van der Waals surface area contributed by atoms with Crippen LogP contribution in [0.3, 0.4) is 0 Å². The lowest BCUT2D eigenvalue weighted by Crippen LogP contribution is -2.14. The molecule has 0 aliphatic heterocycles. The van der Waals surface area contributed by atoms with Crippen molar-refractivity contribution in [2.75, 3.05) is 6.26 Å². The minimum atomic E-state index is -0.359. The van der Waals surface area contributed by atoms with Crippen LogP contribution in [-0.2, 0) is 5.41 Å². The number of hydrogen-bond donors (Lipinski definition) is 0. The van der Waals surface area contributed by atoms with E-state index in [0.717, 1.165) is 0 Å². The summed E-state index contributed by atoms with van der Waals surface area (Å²) in [5.41, 5.74) is 0.0646. The molecule has 0 amide bonds. The number of halogens is 2. The van der Waals surface area contributed by atoms with Gasteiger partial charge in [0.25, 0.3) is 0 Å². The van der Waals surface area contributed by atoms with Crippen LogP contribution in [0.15, 0.2) is 17.0 Å². The molecular formula is C11H14F2S. The lowest BCUT2D eigenvalue weighted by Gasteiger charge is -2.20. The topological polar surface area (TPSA) is 0 Å². The first-order valence-electron chi connectivity index (χ1n) is 4.40. The number of thioether (sulfide) groups is 1. The zero-order chi connectivity index (χ0) is 10.9. The van der Waals surface area contributed by atoms with E-state index in [-0.39, 0.29) is 17.0 Å². The standard InChI is InChI=1S/C11H14F2S/c1-11(2,3)7-5-9(13)10(14-4)6-8(7)12/h5-6H,1-4H3. The van der Waals surface area contributed by atoms with E-state index >= 15 is 0 Å². The summed E-state index contributed by atoms with van der Waals surface area (Å²) < 4.78 is 26.9. The molecule has 14 heavy (non-hydrogen) atoms. The Kier molecular flexibility index (Phi) is 3.20. The summed E-state index contributed by atoms with van der Waals surface area (Å²) in [6.45, 7) is 5.59. The summed E-state index contributed by atoms with van der Waals surface area (Å²) in [5, 5.41) is 0. The maximum atomic E-state index is 13.5. The first kappa shape index (κ1) is 11.5. The van der Waals surface area contributed by atoms with E-state index < -0.39 is 0 Å². The molecule has 0 radical (unpaired) electrons. The highest BCUT2D eigenvalue weighted by Crippen LogP contribution is 2.30. The quantitative estimate of drug-likeness (QED) is 0.640. The second kappa shape index (κ2) is 3.89. The van der Waals surface area contributed by atoms with Crippen molar-refractivity contribution in [2.45, 2.75) is 31.1 Å². The Labute approximate surface area is 87.7 Å². The molecule has 0 N–H and O–H groups in total. The molecule has 0 spiro atoms. The van der Waals surface area contributed by atoms with Crippen LogP contribution in [-0.4, -0.2) is 6.26 Å². The van der Waals surface area contributed by atoms with Crippen molar-refractivity contribution in [2.24, 2.45) is 0 Å². The summed E-state index contributed by atoms with van der Waals surface area (Å²) in [4.78, 5) is 0.357. The molecular weight excluding hydrogens is 202 g/mol. The van der Waals surface area contributed by atoms with Crippen molar-refractivity contribution in [3.05, 3.63) is 29.3 Å². The SMILES string of the molecule is CSc1cc(F)c(C(C)(C)C)cc1F. The highest BCUT2D eigenvalue weighted by atomic mass is 32.2. The van der Waals surface area contributed by atoms with Crippen LogP contribution in [0.25, 0.3) is 0 Å². The molecule has 0 fully saturated rings. The average molecular weight is 216 g/mol. The molecule has 0 aliphatic rings. The second-order valence-electron chi connectivity index (χ2n) is 4.22. The van der Waals surface area contributed by atoms with Crippen molar-refractivity contribution in [1.29, 1.82) is 0 Å². The molecule has 1 aromatic carbocycles. The van der Waals surface area contributed by atoms with Gasteiger partial charge in [0.05, 0.1) is 0 Å². The van der Waals surface area contributed by atoms with Gasteiger partial charge in [0, 0.05) is 4.90 Å². The molecule has 1 rings (SSSR count). The van der Waals surface area contributed by atoms with Crippen molar-refractivity contribution >= 4 is 11.8 Å². The Balaban J connectivity index is 3.29. The van der Waals surface area contributed by atoms with Crippen LogP contribution in [0.5, 0.6) is 0 Å². The van der Waals surface area contributed by atoms with Gasteiger partial charge >= 0.3 is 0 Å². The highest BCUT2D eigenvalue weighted by Gasteiger charge is 2.20. The molecule has 0 atom stereocenters. The van der Waals surface area contributed by atoms with Gasteiger partial charge in [-0.15, -0.1) is 11.8 Å². The predicted molar refractivity (Wildman–Crippen MR) is 56.8 cm³/mol. The number of rotatable bonds is 1. The third-order valence-electron chi connectivity index (χ3n) is 2.05. The fourth-order valence-corrected chi connectivity index (χ4v) is 1.74. The largest absolute Gasteiger partial charge is 0.207 e. The zero-order valence-electron chi connectivity index (χ0n) is 8.82. The van der Waals surface area contributed by atoms with Gasteiger partial charge in [-0.05, 0) is 29.4 Å². The van der Waals surface area contributed by atoms with Crippen LogP contribution < -0.4 is 0 Å². The minimum Gasteiger partial charge on any atom is -0.207 e. The molecule has 0 nitrogen and oxygen atoms in total. The smallest absolute Gasteiger partial charge is 0.137 e. The van der Waals surface area contributed by atoms with Crippen LogP contribution >= 0.6 is 11.8 Å². The molecule has 0 bridgehead atoms. The normalized spacial score (nSPS) is 11.9. The molecule has 0 aromatic heterocycles.